The van der Waals surface area contributed by atoms with Crippen molar-refractivity contribution in [3.8, 4) is 0 Å². The molecule has 0 spiro atoms. The Morgan fingerprint density at radius 2 is 2.30 bits per heavy atom. The Morgan fingerprint density at radius 3 is 3.04 bits per heavy atom. The number of aliphatic hydroxyl groups is 1. The Labute approximate surface area is 133 Å². The maximum atomic E-state index is 11.8. The van der Waals surface area contributed by atoms with Crippen molar-refractivity contribution in [2.75, 3.05) is 19.7 Å². The Hall–Kier alpha value is -1.52. The van der Waals surface area contributed by atoms with E-state index >= 15 is 0 Å². The van der Waals surface area contributed by atoms with Gasteiger partial charge in [0.15, 0.2) is 0 Å². The third-order valence-corrected chi connectivity index (χ3v) is 3.74. The number of hydroxylamine groups is 1. The molecule has 1 aromatic heterocycles. The van der Waals surface area contributed by atoms with Crippen LogP contribution in [0.4, 0.5) is 0 Å². The van der Waals surface area contributed by atoms with Gasteiger partial charge < -0.3 is 15.6 Å². The molecule has 5 N–H and O–H groups in total. The van der Waals surface area contributed by atoms with E-state index in [-0.39, 0.29) is 13.0 Å². The van der Waals surface area contributed by atoms with Crippen molar-refractivity contribution in [2.45, 2.75) is 44.6 Å². The van der Waals surface area contributed by atoms with Crippen molar-refractivity contribution in [1.29, 1.82) is 0 Å². The number of ether oxygens (including phenoxy) is 1. The summed E-state index contributed by atoms with van der Waals surface area (Å²) in [6.45, 7) is 3.08. The van der Waals surface area contributed by atoms with Gasteiger partial charge in [-0.25, -0.2) is 10.3 Å². The fraction of sp³-hybridized carbons (Fsp3) is 0.714. The number of nitrogens with one attached hydrogen (secondary N) is 2. The van der Waals surface area contributed by atoms with Gasteiger partial charge in [0, 0.05) is 24.7 Å². The lowest BCUT2D eigenvalue weighted by Gasteiger charge is -2.16. The highest BCUT2D eigenvalue weighted by Crippen LogP contribution is 2.27. The van der Waals surface area contributed by atoms with Crippen molar-refractivity contribution in [3.05, 3.63) is 32.6 Å². The summed E-state index contributed by atoms with van der Waals surface area (Å²) in [7, 11) is 0. The molecule has 1 aliphatic heterocycles. The standard InChI is InChI=1S/C14H24N4O5/c1-9-7-18(14(21)17-13(9)20)12-6-10(19)11(23-12)8-22-16-5-3-2-4-15/h7,10-12,16,19H,2-6,8,15H2,1H3,(H,17,20,21)/t10-,11+,12+/m0/s1. The second-order valence-corrected chi connectivity index (χ2v) is 5.61. The van der Waals surface area contributed by atoms with E-state index in [9.17, 15) is 14.7 Å². The van der Waals surface area contributed by atoms with Crippen LogP contribution in [-0.4, -0.2) is 46.6 Å². The lowest BCUT2D eigenvalue weighted by molar-refractivity contribution is -0.0859. The van der Waals surface area contributed by atoms with E-state index in [2.05, 4.69) is 10.5 Å². The summed E-state index contributed by atoms with van der Waals surface area (Å²) in [5.41, 5.74) is 7.61. The lowest BCUT2D eigenvalue weighted by Crippen LogP contribution is -2.34. The maximum Gasteiger partial charge on any atom is 0.330 e. The Kier molecular flexibility index (Phi) is 6.48. The molecular weight excluding hydrogens is 304 g/mol. The van der Waals surface area contributed by atoms with E-state index in [0.717, 1.165) is 12.8 Å². The van der Waals surface area contributed by atoms with Crippen LogP contribution in [-0.2, 0) is 9.57 Å². The number of aryl methyl sites for hydroxylation is 1. The number of aromatic amines is 1. The zero-order chi connectivity index (χ0) is 16.8. The van der Waals surface area contributed by atoms with Crippen molar-refractivity contribution in [2.24, 2.45) is 5.73 Å². The number of nitrogens with zero attached hydrogens (tertiary/aromatic N) is 1. The van der Waals surface area contributed by atoms with Crippen LogP contribution in [0, 0.1) is 6.92 Å². The fourth-order valence-electron chi connectivity index (χ4n) is 2.39. The molecule has 23 heavy (non-hydrogen) atoms. The zero-order valence-corrected chi connectivity index (χ0v) is 13.2. The van der Waals surface area contributed by atoms with Gasteiger partial charge in [-0.05, 0) is 26.3 Å². The van der Waals surface area contributed by atoms with E-state index in [0.29, 0.717) is 18.7 Å². The minimum Gasteiger partial charge on any atom is -0.390 e. The van der Waals surface area contributed by atoms with Gasteiger partial charge in [-0.15, -0.1) is 0 Å². The van der Waals surface area contributed by atoms with Crippen LogP contribution in [0.3, 0.4) is 0 Å². The minimum absolute atomic E-state index is 0.164. The summed E-state index contributed by atoms with van der Waals surface area (Å²) in [6.07, 6.45) is 1.60. The van der Waals surface area contributed by atoms with Crippen molar-refractivity contribution >= 4 is 0 Å². The van der Waals surface area contributed by atoms with Crippen LogP contribution < -0.4 is 22.5 Å². The number of rotatable bonds is 8. The molecule has 1 aliphatic rings. The molecule has 2 heterocycles. The smallest absolute Gasteiger partial charge is 0.330 e. The number of unbranched alkanes of at least 4 members (excludes halogenated alkanes) is 1. The van der Waals surface area contributed by atoms with Gasteiger partial charge in [0.2, 0.25) is 0 Å². The molecule has 0 aliphatic carbocycles. The van der Waals surface area contributed by atoms with Crippen molar-refractivity contribution in [3.63, 3.8) is 0 Å². The van der Waals surface area contributed by atoms with Gasteiger partial charge in [-0.3, -0.25) is 19.2 Å². The molecule has 1 fully saturated rings. The molecule has 9 nitrogen and oxygen atoms in total. The molecule has 0 amide bonds. The summed E-state index contributed by atoms with van der Waals surface area (Å²) in [5, 5.41) is 10.0. The quantitative estimate of drug-likeness (QED) is 0.346. The number of nitrogens with two attached hydrogens (primary N) is 1. The fourth-order valence-corrected chi connectivity index (χ4v) is 2.39. The average Bonchev–Trinajstić information content (AvgIpc) is 2.87. The van der Waals surface area contributed by atoms with E-state index in [1.807, 2.05) is 0 Å². The molecule has 2 rings (SSSR count). The van der Waals surface area contributed by atoms with Crippen LogP contribution in [0.1, 0.15) is 31.1 Å². The lowest BCUT2D eigenvalue weighted by atomic mass is 10.2. The molecule has 0 aromatic carbocycles. The summed E-state index contributed by atoms with van der Waals surface area (Å²) in [4.78, 5) is 30.7. The summed E-state index contributed by atoms with van der Waals surface area (Å²) >= 11 is 0. The van der Waals surface area contributed by atoms with Gasteiger partial charge in [-0.1, -0.05) is 0 Å². The van der Waals surface area contributed by atoms with Crippen LogP contribution in [0.15, 0.2) is 15.8 Å². The third-order valence-electron chi connectivity index (χ3n) is 3.74. The number of aromatic nitrogens is 2. The summed E-state index contributed by atoms with van der Waals surface area (Å²) in [6, 6.07) is 0. The highest BCUT2D eigenvalue weighted by Gasteiger charge is 2.35. The van der Waals surface area contributed by atoms with Crippen LogP contribution >= 0.6 is 0 Å². The molecule has 1 saturated heterocycles. The first kappa shape index (κ1) is 17.8. The highest BCUT2D eigenvalue weighted by atomic mass is 16.7. The first-order valence-electron chi connectivity index (χ1n) is 7.73. The summed E-state index contributed by atoms with van der Waals surface area (Å²) < 4.78 is 6.96. The maximum absolute atomic E-state index is 11.8. The molecule has 1 aromatic rings. The largest absolute Gasteiger partial charge is 0.390 e. The molecule has 0 unspecified atom stereocenters. The number of aliphatic hydroxyl groups excluding tert-OH is 1. The first-order chi connectivity index (χ1) is 11.0. The summed E-state index contributed by atoms with van der Waals surface area (Å²) in [5.74, 6) is 0. The number of hydrogen-bond donors (Lipinski definition) is 4. The zero-order valence-electron chi connectivity index (χ0n) is 13.2. The predicted octanol–water partition coefficient (Wildman–Crippen LogP) is -1.25. The first-order valence-corrected chi connectivity index (χ1v) is 7.73. The minimum atomic E-state index is -0.745. The average molecular weight is 328 g/mol. The van der Waals surface area contributed by atoms with Gasteiger partial charge in [-0.2, -0.15) is 0 Å². The van der Waals surface area contributed by atoms with Crippen LogP contribution in [0.5, 0.6) is 0 Å². The predicted molar refractivity (Wildman–Crippen MR) is 82.8 cm³/mol. The number of H-pyrrole nitrogens is 1. The topological polar surface area (TPSA) is 132 Å². The van der Waals surface area contributed by atoms with Gasteiger partial charge >= 0.3 is 5.69 Å². The SMILES string of the molecule is Cc1cn([C@H]2C[C@H](O)[C@@H](CONCCCCN)O2)c(=O)[nH]c1=O. The Morgan fingerprint density at radius 1 is 1.52 bits per heavy atom. The molecule has 0 bridgehead atoms. The van der Waals surface area contributed by atoms with Crippen LogP contribution in [0.2, 0.25) is 0 Å². The highest BCUT2D eigenvalue weighted by molar-refractivity contribution is 5.02. The van der Waals surface area contributed by atoms with E-state index in [1.54, 1.807) is 6.92 Å². The monoisotopic (exact) mass is 328 g/mol. The van der Waals surface area contributed by atoms with Gasteiger partial charge in [0.1, 0.15) is 12.3 Å². The molecule has 9 heteroatoms. The van der Waals surface area contributed by atoms with E-state index < -0.39 is 29.7 Å². The molecule has 0 radical (unpaired) electrons. The van der Waals surface area contributed by atoms with Crippen molar-refractivity contribution in [1.82, 2.24) is 15.0 Å². The van der Waals surface area contributed by atoms with Crippen LogP contribution in [0.25, 0.3) is 0 Å². The second kappa shape index (κ2) is 8.37. The normalized spacial score (nSPS) is 24.2. The Bertz CT molecular complexity index is 614. The van der Waals surface area contributed by atoms with Crippen molar-refractivity contribution < 1.29 is 14.7 Å². The molecule has 0 saturated carbocycles. The number of hydrogen-bond acceptors (Lipinski definition) is 7. The van der Waals surface area contributed by atoms with E-state index in [1.165, 1.54) is 10.8 Å². The molecule has 3 atom stereocenters. The molecular formula is C14H24N4O5. The molecule has 130 valence electrons. The second-order valence-electron chi connectivity index (χ2n) is 5.61. The van der Waals surface area contributed by atoms with Gasteiger partial charge in [0.05, 0.1) is 12.7 Å². The van der Waals surface area contributed by atoms with Gasteiger partial charge in [0.25, 0.3) is 5.56 Å². The van der Waals surface area contributed by atoms with E-state index in [4.69, 9.17) is 15.3 Å². The Balaban J connectivity index is 1.87. The third kappa shape index (κ3) is 4.72.